The molecule has 0 N–H and O–H groups in total. The van der Waals surface area contributed by atoms with E-state index in [-0.39, 0.29) is 0 Å². The maximum Gasteiger partial charge on any atom is 0.534 e. The first-order valence-corrected chi connectivity index (χ1v) is 13.8. The first-order chi connectivity index (χ1) is 17.9. The molecule has 0 radical (unpaired) electrons. The lowest BCUT2D eigenvalue weighted by molar-refractivity contribution is -0.0504. The predicted molar refractivity (Wildman–Crippen MR) is 130 cm³/mol. The molecule has 0 saturated carbocycles. The van der Waals surface area contributed by atoms with Gasteiger partial charge in [0.1, 0.15) is 11.5 Å². The minimum Gasteiger partial charge on any atom is -0.376 e. The van der Waals surface area contributed by atoms with E-state index in [2.05, 4.69) is 8.37 Å². The fraction of sp³-hybridized carbons (Fsp3) is 0.200. The standard InChI is InChI=1S/C25H16F6O6S2/c1-23(2)20-6-4-3-5-17(20)21-18-11-13(36-38(32,33)24(26,27)28)7-9-15(18)16-10-8-14(12-19(16)22(21)23)37-39(34,35)25(29,30)31/h3-12H,1-2H3. The number of hydrogen-bond acceptors (Lipinski definition) is 6. The molecule has 1 aliphatic carbocycles. The molecule has 39 heavy (non-hydrogen) atoms. The van der Waals surface area contributed by atoms with Gasteiger partial charge in [0.25, 0.3) is 0 Å². The predicted octanol–water partition coefficient (Wildman–Crippen LogP) is 6.76. The highest BCUT2D eigenvalue weighted by Crippen LogP contribution is 2.55. The van der Waals surface area contributed by atoms with Crippen molar-refractivity contribution >= 4 is 41.8 Å². The van der Waals surface area contributed by atoms with Crippen molar-refractivity contribution in [1.29, 1.82) is 0 Å². The summed E-state index contributed by atoms with van der Waals surface area (Å²) in [5.41, 5.74) is -9.70. The maximum atomic E-state index is 13.0. The molecule has 206 valence electrons. The summed E-state index contributed by atoms with van der Waals surface area (Å²) in [6.07, 6.45) is 0. The highest BCUT2D eigenvalue weighted by Gasteiger charge is 2.49. The van der Waals surface area contributed by atoms with Crippen LogP contribution in [0.1, 0.15) is 25.0 Å². The van der Waals surface area contributed by atoms with E-state index in [1.54, 1.807) is 24.3 Å². The lowest BCUT2D eigenvalue weighted by Gasteiger charge is -2.24. The van der Waals surface area contributed by atoms with E-state index in [1.807, 2.05) is 13.8 Å². The summed E-state index contributed by atoms with van der Waals surface area (Å²) in [4.78, 5) is 0. The Hall–Kier alpha value is -3.52. The van der Waals surface area contributed by atoms with Gasteiger partial charge in [0, 0.05) is 5.41 Å². The molecule has 0 atom stereocenters. The van der Waals surface area contributed by atoms with E-state index in [4.69, 9.17) is 0 Å². The van der Waals surface area contributed by atoms with Crippen molar-refractivity contribution in [3.8, 4) is 22.6 Å². The summed E-state index contributed by atoms with van der Waals surface area (Å²) in [6, 6.07) is 14.0. The zero-order valence-electron chi connectivity index (χ0n) is 19.8. The van der Waals surface area contributed by atoms with Crippen molar-refractivity contribution in [3.63, 3.8) is 0 Å². The van der Waals surface area contributed by atoms with Gasteiger partial charge in [-0.3, -0.25) is 0 Å². The zero-order chi connectivity index (χ0) is 28.8. The molecule has 0 bridgehead atoms. The van der Waals surface area contributed by atoms with Crippen LogP contribution in [0.15, 0.2) is 60.7 Å². The van der Waals surface area contributed by atoms with Crippen molar-refractivity contribution in [2.45, 2.75) is 30.3 Å². The highest BCUT2D eigenvalue weighted by molar-refractivity contribution is 7.88. The van der Waals surface area contributed by atoms with Crippen molar-refractivity contribution in [2.24, 2.45) is 0 Å². The van der Waals surface area contributed by atoms with Gasteiger partial charge in [-0.1, -0.05) is 44.2 Å². The fourth-order valence-electron chi connectivity index (χ4n) is 4.96. The Balaban J connectivity index is 1.83. The molecule has 4 aromatic rings. The van der Waals surface area contributed by atoms with Crippen LogP contribution in [0.5, 0.6) is 11.5 Å². The molecule has 5 rings (SSSR count). The van der Waals surface area contributed by atoms with Crippen molar-refractivity contribution in [2.75, 3.05) is 0 Å². The molecule has 0 heterocycles. The average molecular weight is 591 g/mol. The van der Waals surface area contributed by atoms with Crippen molar-refractivity contribution in [1.82, 2.24) is 0 Å². The molecular formula is C25H16F6O6S2. The minimum atomic E-state index is -5.96. The number of fused-ring (bicyclic) bond motifs is 8. The van der Waals surface area contributed by atoms with Crippen LogP contribution >= 0.6 is 0 Å². The lowest BCUT2D eigenvalue weighted by atomic mass is 9.79. The van der Waals surface area contributed by atoms with E-state index in [0.29, 0.717) is 38.2 Å². The summed E-state index contributed by atoms with van der Waals surface area (Å²) in [5, 5.41) is 1.47. The third kappa shape index (κ3) is 4.16. The largest absolute Gasteiger partial charge is 0.534 e. The second-order valence-corrected chi connectivity index (χ2v) is 12.4. The molecule has 0 saturated heterocycles. The number of benzene rings is 4. The second-order valence-electron chi connectivity index (χ2n) is 9.30. The van der Waals surface area contributed by atoms with E-state index in [1.165, 1.54) is 12.1 Å². The molecule has 0 spiro atoms. The van der Waals surface area contributed by atoms with Crippen LogP contribution in [-0.2, 0) is 25.7 Å². The molecular weight excluding hydrogens is 574 g/mol. The summed E-state index contributed by atoms with van der Waals surface area (Å²) in [5.74, 6) is -1.19. The monoisotopic (exact) mass is 590 g/mol. The average Bonchev–Trinajstić information content (AvgIpc) is 3.05. The van der Waals surface area contributed by atoms with E-state index in [9.17, 15) is 43.2 Å². The Bertz CT molecular complexity index is 1890. The SMILES string of the molecule is CC1(C)c2ccccc2-c2c1c1cc(OS(=O)(=O)C(F)(F)F)ccc1c1ccc(OS(=O)(=O)C(F)(F)F)cc21. The van der Waals surface area contributed by atoms with E-state index < -0.39 is 48.2 Å². The number of alkyl halides is 6. The summed E-state index contributed by atoms with van der Waals surface area (Å²) < 4.78 is 133. The van der Waals surface area contributed by atoms with Crippen molar-refractivity contribution in [3.05, 3.63) is 71.8 Å². The fourth-order valence-corrected chi connectivity index (χ4v) is 5.86. The summed E-state index contributed by atoms with van der Waals surface area (Å²) in [6.45, 7) is 3.63. The van der Waals surface area contributed by atoms with E-state index in [0.717, 1.165) is 29.8 Å². The third-order valence-corrected chi connectivity index (χ3v) is 8.49. The van der Waals surface area contributed by atoms with Gasteiger partial charge in [0.15, 0.2) is 0 Å². The number of halogens is 6. The molecule has 14 heteroatoms. The van der Waals surface area contributed by atoms with Gasteiger partial charge in [-0.15, -0.1) is 0 Å². The third-order valence-electron chi connectivity index (χ3n) is 6.53. The minimum absolute atomic E-state index is 0.321. The molecule has 0 unspecified atom stereocenters. The van der Waals surface area contributed by atoms with Gasteiger partial charge in [-0.25, -0.2) is 0 Å². The molecule has 0 amide bonds. The smallest absolute Gasteiger partial charge is 0.376 e. The van der Waals surface area contributed by atoms with Crippen LogP contribution < -0.4 is 8.37 Å². The maximum absolute atomic E-state index is 13.0. The normalized spacial score (nSPS) is 15.3. The molecule has 1 aliphatic rings. The Labute approximate surface area is 218 Å². The van der Waals surface area contributed by atoms with Gasteiger partial charge in [0.05, 0.1) is 0 Å². The van der Waals surface area contributed by atoms with Crippen LogP contribution in [0.25, 0.3) is 32.7 Å². The Morgan fingerprint density at radius 2 is 1.10 bits per heavy atom. The van der Waals surface area contributed by atoms with Crippen LogP contribution in [-0.4, -0.2) is 27.9 Å². The molecule has 4 aromatic carbocycles. The van der Waals surface area contributed by atoms with Gasteiger partial charge in [0.2, 0.25) is 0 Å². The lowest BCUT2D eigenvalue weighted by Crippen LogP contribution is -2.28. The topological polar surface area (TPSA) is 86.7 Å². The van der Waals surface area contributed by atoms with Gasteiger partial charge in [-0.2, -0.15) is 43.2 Å². The Morgan fingerprint density at radius 1 is 0.641 bits per heavy atom. The van der Waals surface area contributed by atoms with Crippen LogP contribution in [0.4, 0.5) is 26.3 Å². The Morgan fingerprint density at radius 3 is 1.62 bits per heavy atom. The first-order valence-electron chi connectivity index (χ1n) is 11.0. The van der Waals surface area contributed by atoms with Gasteiger partial charge >= 0.3 is 31.3 Å². The van der Waals surface area contributed by atoms with Crippen LogP contribution in [0, 0.1) is 0 Å². The molecule has 0 aliphatic heterocycles. The van der Waals surface area contributed by atoms with Crippen molar-refractivity contribution < 1.29 is 51.5 Å². The summed E-state index contributed by atoms with van der Waals surface area (Å²) >= 11 is 0. The Kier molecular flexibility index (Phi) is 5.72. The molecule has 0 aromatic heterocycles. The summed E-state index contributed by atoms with van der Waals surface area (Å²) in [7, 11) is -11.9. The number of rotatable bonds is 4. The second kappa shape index (κ2) is 8.24. The number of hydrogen-bond donors (Lipinski definition) is 0. The van der Waals surface area contributed by atoms with Crippen LogP contribution in [0.2, 0.25) is 0 Å². The highest BCUT2D eigenvalue weighted by atomic mass is 32.2. The van der Waals surface area contributed by atoms with Gasteiger partial charge in [-0.05, 0) is 74.1 Å². The van der Waals surface area contributed by atoms with Gasteiger partial charge < -0.3 is 8.37 Å². The molecule has 6 nitrogen and oxygen atoms in total. The quantitative estimate of drug-likeness (QED) is 0.113. The first kappa shape index (κ1) is 27.1. The zero-order valence-corrected chi connectivity index (χ0v) is 21.4. The van der Waals surface area contributed by atoms with Crippen LogP contribution in [0.3, 0.4) is 0 Å². The van der Waals surface area contributed by atoms with E-state index >= 15 is 0 Å². The molecule has 0 fully saturated rings.